The third kappa shape index (κ3) is 3.56. The largest absolute Gasteiger partial charge is 0.417 e. The monoisotopic (exact) mass is 314 g/mol. The summed E-state index contributed by atoms with van der Waals surface area (Å²) in [4.78, 5) is 27.9. The Morgan fingerprint density at radius 3 is 2.30 bits per heavy atom. The van der Waals surface area contributed by atoms with Gasteiger partial charge in [-0.1, -0.05) is 30.3 Å². The van der Waals surface area contributed by atoms with E-state index in [4.69, 9.17) is 4.42 Å². The summed E-state index contributed by atoms with van der Waals surface area (Å²) in [6.45, 7) is 3.63. The van der Waals surface area contributed by atoms with Crippen LogP contribution < -0.4 is 0 Å². The second-order valence-electron chi connectivity index (χ2n) is 5.46. The van der Waals surface area contributed by atoms with E-state index in [1.54, 1.807) is 16.7 Å². The summed E-state index contributed by atoms with van der Waals surface area (Å²) in [5.41, 5.74) is 0.998. The Bertz CT molecular complexity index is 690. The molecule has 0 atom stereocenters. The minimum absolute atomic E-state index is 0.00608. The lowest BCUT2D eigenvalue weighted by atomic mass is 10.1. The van der Waals surface area contributed by atoms with Gasteiger partial charge in [0.05, 0.1) is 6.42 Å². The van der Waals surface area contributed by atoms with Crippen LogP contribution in [0.4, 0.5) is 0 Å². The van der Waals surface area contributed by atoms with Crippen LogP contribution in [0.25, 0.3) is 0 Å². The SMILES string of the molecule is Cc1nnc(C(=O)N2CCN(C(=O)Cc3ccccc3)CC2)o1. The molecule has 2 aromatic rings. The van der Waals surface area contributed by atoms with E-state index in [0.717, 1.165) is 5.56 Å². The van der Waals surface area contributed by atoms with Crippen molar-refractivity contribution in [1.82, 2.24) is 20.0 Å². The summed E-state index contributed by atoms with van der Waals surface area (Å²) in [7, 11) is 0. The van der Waals surface area contributed by atoms with Gasteiger partial charge in [-0.05, 0) is 5.56 Å². The molecule has 1 fully saturated rings. The number of rotatable bonds is 3. The number of carbonyl (C=O) groups excluding carboxylic acids is 2. The van der Waals surface area contributed by atoms with Crippen molar-refractivity contribution in [2.45, 2.75) is 13.3 Å². The predicted molar refractivity (Wildman–Crippen MR) is 81.7 cm³/mol. The molecule has 0 saturated carbocycles. The van der Waals surface area contributed by atoms with E-state index in [9.17, 15) is 9.59 Å². The average molecular weight is 314 g/mol. The number of hydrogen-bond acceptors (Lipinski definition) is 5. The van der Waals surface area contributed by atoms with Crippen LogP contribution in [0, 0.1) is 6.92 Å². The van der Waals surface area contributed by atoms with Crippen molar-refractivity contribution < 1.29 is 14.0 Å². The highest BCUT2D eigenvalue weighted by Gasteiger charge is 2.27. The lowest BCUT2D eigenvalue weighted by molar-refractivity contribution is -0.131. The topological polar surface area (TPSA) is 79.5 Å². The number of aromatic nitrogens is 2. The molecular weight excluding hydrogens is 296 g/mol. The summed E-state index contributed by atoms with van der Waals surface area (Å²) in [5, 5.41) is 7.41. The van der Waals surface area contributed by atoms with Gasteiger partial charge in [-0.15, -0.1) is 10.2 Å². The lowest BCUT2D eigenvalue weighted by Crippen LogP contribution is -2.51. The number of piperazine rings is 1. The van der Waals surface area contributed by atoms with Crippen molar-refractivity contribution in [3.63, 3.8) is 0 Å². The molecule has 1 aliphatic heterocycles. The molecule has 2 heterocycles. The number of nitrogens with zero attached hydrogens (tertiary/aromatic N) is 4. The third-order valence-electron chi connectivity index (χ3n) is 3.83. The van der Waals surface area contributed by atoms with Crippen molar-refractivity contribution in [3.8, 4) is 0 Å². The quantitative estimate of drug-likeness (QED) is 0.841. The van der Waals surface area contributed by atoms with Gasteiger partial charge in [0.1, 0.15) is 0 Å². The third-order valence-corrected chi connectivity index (χ3v) is 3.83. The van der Waals surface area contributed by atoms with Crippen LogP contribution in [0.1, 0.15) is 22.1 Å². The fraction of sp³-hybridized carbons (Fsp3) is 0.375. The van der Waals surface area contributed by atoms with Crippen molar-refractivity contribution in [3.05, 3.63) is 47.7 Å². The number of benzene rings is 1. The molecule has 0 N–H and O–H groups in total. The fourth-order valence-electron chi connectivity index (χ4n) is 2.56. The normalized spacial score (nSPS) is 14.8. The maximum absolute atomic E-state index is 12.3. The second-order valence-corrected chi connectivity index (χ2v) is 5.46. The van der Waals surface area contributed by atoms with Gasteiger partial charge in [-0.25, -0.2) is 0 Å². The van der Waals surface area contributed by atoms with Crippen molar-refractivity contribution in [2.75, 3.05) is 26.2 Å². The molecule has 0 spiro atoms. The average Bonchev–Trinajstić information content (AvgIpc) is 3.02. The first-order chi connectivity index (χ1) is 11.1. The van der Waals surface area contributed by atoms with Gasteiger partial charge in [0, 0.05) is 33.1 Å². The first-order valence-electron chi connectivity index (χ1n) is 7.54. The number of carbonyl (C=O) groups is 2. The summed E-state index contributed by atoms with van der Waals surface area (Å²) >= 11 is 0. The van der Waals surface area contributed by atoms with Gasteiger partial charge in [0.2, 0.25) is 11.8 Å². The maximum Gasteiger partial charge on any atom is 0.311 e. The van der Waals surface area contributed by atoms with Crippen LogP contribution in [0.5, 0.6) is 0 Å². The van der Waals surface area contributed by atoms with Crippen LogP contribution in [0.2, 0.25) is 0 Å². The zero-order chi connectivity index (χ0) is 16.2. The van der Waals surface area contributed by atoms with Gasteiger partial charge in [-0.3, -0.25) is 9.59 Å². The molecule has 7 heteroatoms. The summed E-state index contributed by atoms with van der Waals surface area (Å²) in [6, 6.07) is 9.65. The van der Waals surface area contributed by atoms with Crippen LogP contribution in [-0.2, 0) is 11.2 Å². The first-order valence-corrected chi connectivity index (χ1v) is 7.54. The molecule has 120 valence electrons. The molecule has 7 nitrogen and oxygen atoms in total. The molecule has 1 aromatic heterocycles. The van der Waals surface area contributed by atoms with E-state index in [2.05, 4.69) is 10.2 Å². The number of amides is 2. The Kier molecular flexibility index (Phi) is 4.36. The first kappa shape index (κ1) is 15.2. The van der Waals surface area contributed by atoms with Gasteiger partial charge >= 0.3 is 11.8 Å². The smallest absolute Gasteiger partial charge is 0.311 e. The molecule has 0 aliphatic carbocycles. The number of hydrogen-bond donors (Lipinski definition) is 0. The summed E-state index contributed by atoms with van der Waals surface area (Å²) < 4.78 is 5.16. The predicted octanol–water partition coefficient (Wildman–Crippen LogP) is 0.905. The molecule has 1 aliphatic rings. The van der Waals surface area contributed by atoms with Gasteiger partial charge in [-0.2, -0.15) is 0 Å². The van der Waals surface area contributed by atoms with E-state index >= 15 is 0 Å². The zero-order valence-electron chi connectivity index (χ0n) is 12.9. The maximum atomic E-state index is 12.3. The molecule has 2 amide bonds. The summed E-state index contributed by atoms with van der Waals surface area (Å²) in [5.74, 6) is 0.175. The number of aryl methyl sites for hydroxylation is 1. The lowest BCUT2D eigenvalue weighted by Gasteiger charge is -2.34. The highest BCUT2D eigenvalue weighted by molar-refractivity contribution is 5.89. The van der Waals surface area contributed by atoms with E-state index in [1.807, 2.05) is 30.3 Å². The molecular formula is C16H18N4O3. The Hall–Kier alpha value is -2.70. The van der Waals surface area contributed by atoms with E-state index in [0.29, 0.717) is 38.5 Å². The van der Waals surface area contributed by atoms with Gasteiger partial charge < -0.3 is 14.2 Å². The van der Waals surface area contributed by atoms with E-state index in [1.165, 1.54) is 0 Å². The zero-order valence-corrected chi connectivity index (χ0v) is 12.9. The molecule has 1 aromatic carbocycles. The van der Waals surface area contributed by atoms with Gasteiger partial charge in [0.25, 0.3) is 0 Å². The Labute approximate surface area is 133 Å². The minimum atomic E-state index is -0.277. The second kappa shape index (κ2) is 6.60. The van der Waals surface area contributed by atoms with E-state index in [-0.39, 0.29) is 17.7 Å². The van der Waals surface area contributed by atoms with E-state index < -0.39 is 0 Å². The van der Waals surface area contributed by atoms with Crippen LogP contribution >= 0.6 is 0 Å². The van der Waals surface area contributed by atoms with Crippen molar-refractivity contribution in [2.24, 2.45) is 0 Å². The van der Waals surface area contributed by atoms with Crippen LogP contribution in [0.15, 0.2) is 34.7 Å². The van der Waals surface area contributed by atoms with Crippen LogP contribution in [-0.4, -0.2) is 58.0 Å². The molecule has 3 rings (SSSR count). The Morgan fingerprint density at radius 1 is 1.04 bits per heavy atom. The fourth-order valence-corrected chi connectivity index (χ4v) is 2.56. The van der Waals surface area contributed by atoms with Gasteiger partial charge in [0.15, 0.2) is 0 Å². The standard InChI is InChI=1S/C16H18N4O3/c1-12-17-18-15(23-12)16(22)20-9-7-19(8-10-20)14(21)11-13-5-3-2-4-6-13/h2-6H,7-11H2,1H3. The Morgan fingerprint density at radius 2 is 1.70 bits per heavy atom. The summed E-state index contributed by atoms with van der Waals surface area (Å²) in [6.07, 6.45) is 0.387. The Balaban J connectivity index is 1.54. The van der Waals surface area contributed by atoms with Crippen LogP contribution in [0.3, 0.4) is 0 Å². The molecule has 0 unspecified atom stereocenters. The molecule has 0 radical (unpaired) electrons. The molecule has 23 heavy (non-hydrogen) atoms. The molecule has 1 saturated heterocycles. The van der Waals surface area contributed by atoms with Crippen molar-refractivity contribution >= 4 is 11.8 Å². The minimum Gasteiger partial charge on any atom is -0.417 e. The highest BCUT2D eigenvalue weighted by Crippen LogP contribution is 2.10. The van der Waals surface area contributed by atoms with Crippen molar-refractivity contribution in [1.29, 1.82) is 0 Å². The highest BCUT2D eigenvalue weighted by atomic mass is 16.4. The molecule has 0 bridgehead atoms.